The highest BCUT2D eigenvalue weighted by molar-refractivity contribution is 5.55. The Morgan fingerprint density at radius 3 is 1.50 bits per heavy atom. The molecule has 0 fully saturated rings. The van der Waals surface area contributed by atoms with Crippen LogP contribution in [0.4, 0.5) is 8.78 Å². The molecule has 62 valence electrons. The quantitative estimate of drug-likeness (QED) is 0.632. The van der Waals surface area contributed by atoms with Gasteiger partial charge in [-0.15, -0.1) is 0 Å². The van der Waals surface area contributed by atoms with Gasteiger partial charge in [-0.3, -0.25) is 0 Å². The fourth-order valence-electron chi connectivity index (χ4n) is 0.890. The van der Waals surface area contributed by atoms with E-state index in [1.165, 1.54) is 12.2 Å². The van der Waals surface area contributed by atoms with Gasteiger partial charge in [0.15, 0.2) is 0 Å². The van der Waals surface area contributed by atoms with Crippen LogP contribution in [0.1, 0.15) is 11.1 Å². The molecule has 1 rings (SSSR count). The summed E-state index contributed by atoms with van der Waals surface area (Å²) in [7, 11) is 0. The first kappa shape index (κ1) is 8.65. The van der Waals surface area contributed by atoms with Crippen molar-refractivity contribution < 1.29 is 8.78 Å². The van der Waals surface area contributed by atoms with Gasteiger partial charge in [-0.05, 0) is 12.1 Å². The maximum absolute atomic E-state index is 12.9. The summed E-state index contributed by atoms with van der Waals surface area (Å²) in [6, 6.07) is 2.19. The molecule has 1 aromatic rings. The second kappa shape index (κ2) is 3.30. The number of rotatable bonds is 2. The Kier molecular flexibility index (Phi) is 2.38. The molecule has 0 heterocycles. The van der Waals surface area contributed by atoms with Crippen LogP contribution in [0.25, 0.3) is 12.2 Å². The van der Waals surface area contributed by atoms with Gasteiger partial charge < -0.3 is 0 Å². The van der Waals surface area contributed by atoms with E-state index in [9.17, 15) is 8.78 Å². The first-order valence-corrected chi connectivity index (χ1v) is 3.43. The predicted octanol–water partition coefficient (Wildman–Crippen LogP) is 3.25. The molecule has 0 spiro atoms. The molecule has 0 aliphatic carbocycles. The van der Waals surface area contributed by atoms with E-state index in [2.05, 4.69) is 13.2 Å². The van der Waals surface area contributed by atoms with Gasteiger partial charge in [0.2, 0.25) is 0 Å². The zero-order chi connectivity index (χ0) is 9.14. The molecular formula is C10H8F2. The molecule has 0 radical (unpaired) electrons. The lowest BCUT2D eigenvalue weighted by Gasteiger charge is -2.00. The monoisotopic (exact) mass is 166 g/mol. The third kappa shape index (κ3) is 1.42. The van der Waals surface area contributed by atoms with Gasteiger partial charge in [-0.2, -0.15) is 0 Å². The van der Waals surface area contributed by atoms with Gasteiger partial charge >= 0.3 is 0 Å². The summed E-state index contributed by atoms with van der Waals surface area (Å²) in [6.45, 7) is 6.71. The average molecular weight is 166 g/mol. The van der Waals surface area contributed by atoms with E-state index >= 15 is 0 Å². The van der Waals surface area contributed by atoms with Crippen molar-refractivity contribution in [2.45, 2.75) is 0 Å². The molecule has 0 atom stereocenters. The van der Waals surface area contributed by atoms with E-state index in [0.29, 0.717) is 0 Å². The van der Waals surface area contributed by atoms with Crippen molar-refractivity contribution in [1.82, 2.24) is 0 Å². The predicted molar refractivity (Wildman–Crippen MR) is 46.5 cm³/mol. The summed E-state index contributed by atoms with van der Waals surface area (Å²) in [4.78, 5) is 0. The molecule has 0 aromatic heterocycles. The molecular weight excluding hydrogens is 158 g/mol. The van der Waals surface area contributed by atoms with Crippen LogP contribution in [0, 0.1) is 11.6 Å². The molecule has 0 amide bonds. The number of halogens is 2. The van der Waals surface area contributed by atoms with Crippen LogP contribution in [-0.2, 0) is 0 Å². The van der Waals surface area contributed by atoms with Crippen molar-refractivity contribution in [3.8, 4) is 0 Å². The molecule has 0 nitrogen and oxygen atoms in total. The van der Waals surface area contributed by atoms with Gasteiger partial charge in [-0.25, -0.2) is 8.78 Å². The molecule has 0 N–H and O–H groups in total. The molecule has 2 heteroatoms. The summed E-state index contributed by atoms with van der Waals surface area (Å²) in [5.74, 6) is -0.970. The van der Waals surface area contributed by atoms with Gasteiger partial charge in [0.1, 0.15) is 11.6 Å². The van der Waals surface area contributed by atoms with Crippen LogP contribution < -0.4 is 0 Å². The van der Waals surface area contributed by atoms with E-state index in [-0.39, 0.29) is 11.1 Å². The number of hydrogen-bond acceptors (Lipinski definition) is 0. The minimum Gasteiger partial charge on any atom is -0.206 e. The van der Waals surface area contributed by atoms with Crippen molar-refractivity contribution in [3.63, 3.8) is 0 Å². The summed E-state index contributed by atoms with van der Waals surface area (Å²) in [5.41, 5.74) is 0.330. The highest BCUT2D eigenvalue weighted by atomic mass is 19.1. The maximum Gasteiger partial charge on any atom is 0.131 e. The van der Waals surface area contributed by atoms with E-state index in [1.54, 1.807) is 0 Å². The Bertz CT molecular complexity index is 293. The Labute approximate surface area is 69.8 Å². The highest BCUT2D eigenvalue weighted by Crippen LogP contribution is 2.16. The lowest BCUT2D eigenvalue weighted by molar-refractivity contribution is 0.596. The molecule has 12 heavy (non-hydrogen) atoms. The summed E-state index contributed by atoms with van der Waals surface area (Å²) in [5, 5.41) is 0. The van der Waals surface area contributed by atoms with E-state index < -0.39 is 11.6 Å². The van der Waals surface area contributed by atoms with Crippen LogP contribution >= 0.6 is 0 Å². The van der Waals surface area contributed by atoms with Crippen molar-refractivity contribution in [2.75, 3.05) is 0 Å². The fourth-order valence-corrected chi connectivity index (χ4v) is 0.890. The Balaban J connectivity index is 3.34. The largest absolute Gasteiger partial charge is 0.206 e. The normalized spacial score (nSPS) is 9.50. The van der Waals surface area contributed by atoms with Crippen molar-refractivity contribution in [2.24, 2.45) is 0 Å². The van der Waals surface area contributed by atoms with E-state index in [4.69, 9.17) is 0 Å². The summed E-state index contributed by atoms with van der Waals surface area (Å²) < 4.78 is 25.9. The van der Waals surface area contributed by atoms with Crippen molar-refractivity contribution >= 4 is 12.2 Å². The van der Waals surface area contributed by atoms with Gasteiger partial charge in [0, 0.05) is 11.1 Å². The Morgan fingerprint density at radius 1 is 0.917 bits per heavy atom. The fraction of sp³-hybridized carbons (Fsp3) is 0. The van der Waals surface area contributed by atoms with Crippen LogP contribution in [0.15, 0.2) is 25.3 Å². The third-order valence-electron chi connectivity index (χ3n) is 1.56. The molecule has 0 unspecified atom stereocenters. The smallest absolute Gasteiger partial charge is 0.131 e. The third-order valence-corrected chi connectivity index (χ3v) is 1.56. The second-order valence-electron chi connectivity index (χ2n) is 2.30. The lowest BCUT2D eigenvalue weighted by atomic mass is 10.1. The highest BCUT2D eigenvalue weighted by Gasteiger charge is 2.04. The molecule has 0 aliphatic heterocycles. The maximum atomic E-state index is 12.9. The average Bonchev–Trinajstić information content (AvgIpc) is 2.08. The van der Waals surface area contributed by atoms with Crippen molar-refractivity contribution in [3.05, 3.63) is 48.1 Å². The number of benzene rings is 1. The lowest BCUT2D eigenvalue weighted by Crippen LogP contribution is -1.88. The number of hydrogen-bond donors (Lipinski definition) is 0. The minimum atomic E-state index is -0.485. The Morgan fingerprint density at radius 2 is 1.25 bits per heavy atom. The first-order chi connectivity index (χ1) is 5.69. The SMILES string of the molecule is C=Cc1cc(F)c(C=C)cc1F. The van der Waals surface area contributed by atoms with Crippen LogP contribution in [0.2, 0.25) is 0 Å². The molecule has 1 aromatic carbocycles. The standard InChI is InChI=1S/C10H8F2/c1-3-7-5-10(12)8(4-2)6-9(7)11/h3-6H,1-2H2. The summed E-state index contributed by atoms with van der Waals surface area (Å²) in [6.07, 6.45) is 2.54. The minimum absolute atomic E-state index is 0.165. The molecule has 0 bridgehead atoms. The first-order valence-electron chi connectivity index (χ1n) is 3.43. The zero-order valence-corrected chi connectivity index (χ0v) is 6.48. The second-order valence-corrected chi connectivity index (χ2v) is 2.30. The van der Waals surface area contributed by atoms with Gasteiger partial charge in [0.05, 0.1) is 0 Å². The van der Waals surface area contributed by atoms with E-state index in [1.807, 2.05) is 0 Å². The molecule has 0 saturated heterocycles. The van der Waals surface area contributed by atoms with Crippen molar-refractivity contribution in [1.29, 1.82) is 0 Å². The van der Waals surface area contributed by atoms with E-state index in [0.717, 1.165) is 12.1 Å². The molecule has 0 saturated carbocycles. The van der Waals surface area contributed by atoms with Crippen LogP contribution in [0.5, 0.6) is 0 Å². The van der Waals surface area contributed by atoms with Gasteiger partial charge in [-0.1, -0.05) is 25.3 Å². The van der Waals surface area contributed by atoms with Gasteiger partial charge in [0.25, 0.3) is 0 Å². The van der Waals surface area contributed by atoms with Crippen LogP contribution in [0.3, 0.4) is 0 Å². The topological polar surface area (TPSA) is 0 Å². The molecule has 0 aliphatic rings. The van der Waals surface area contributed by atoms with Crippen LogP contribution in [-0.4, -0.2) is 0 Å². The Hall–Kier alpha value is -1.44. The zero-order valence-electron chi connectivity index (χ0n) is 6.48. The summed E-state index contributed by atoms with van der Waals surface area (Å²) >= 11 is 0.